The van der Waals surface area contributed by atoms with Crippen LogP contribution in [0.15, 0.2) is 55.0 Å². The predicted molar refractivity (Wildman–Crippen MR) is 128 cm³/mol. The molecule has 0 radical (unpaired) electrons. The van der Waals surface area contributed by atoms with E-state index in [0.29, 0.717) is 23.8 Å². The third-order valence-corrected chi connectivity index (χ3v) is 5.59. The fourth-order valence-electron chi connectivity index (χ4n) is 3.79. The molecule has 3 aromatic heterocycles. The van der Waals surface area contributed by atoms with Crippen LogP contribution in [0.4, 0.5) is 5.95 Å². The second-order valence-electron chi connectivity index (χ2n) is 8.41. The summed E-state index contributed by atoms with van der Waals surface area (Å²) in [6.45, 7) is 4.58. The van der Waals surface area contributed by atoms with Gasteiger partial charge in [0, 0.05) is 12.7 Å². The first-order valence-corrected chi connectivity index (χ1v) is 10.8. The summed E-state index contributed by atoms with van der Waals surface area (Å²) >= 11 is 0. The van der Waals surface area contributed by atoms with E-state index >= 15 is 0 Å². The lowest BCUT2D eigenvalue weighted by molar-refractivity contribution is 0.138. The van der Waals surface area contributed by atoms with Crippen LogP contribution in [0.3, 0.4) is 0 Å². The molecular weight excluding hydrogens is 414 g/mol. The number of likely N-dealkylation sites (N-methyl/N-ethyl adjacent to an activating group) is 1. The smallest absolute Gasteiger partial charge is 0.223 e. The van der Waals surface area contributed by atoms with Crippen LogP contribution in [0.1, 0.15) is 41.3 Å². The van der Waals surface area contributed by atoms with Gasteiger partial charge in [-0.2, -0.15) is 5.26 Å². The molecule has 0 saturated heterocycles. The molecule has 0 aliphatic heterocycles. The van der Waals surface area contributed by atoms with Gasteiger partial charge in [0.05, 0.1) is 35.8 Å². The maximum absolute atomic E-state index is 10.3. The SMILES string of the molecule is Cc1cccn2c(-c3nc(N[C@@H](C)c4ccc(C(O)CN(C)C)cc4)ncc3C#N)cnc12. The summed E-state index contributed by atoms with van der Waals surface area (Å²) in [4.78, 5) is 15.5. The maximum Gasteiger partial charge on any atom is 0.223 e. The highest BCUT2D eigenvalue weighted by atomic mass is 16.3. The quantitative estimate of drug-likeness (QED) is 0.450. The van der Waals surface area contributed by atoms with E-state index in [4.69, 9.17) is 0 Å². The lowest BCUT2D eigenvalue weighted by Crippen LogP contribution is -2.20. The van der Waals surface area contributed by atoms with E-state index in [9.17, 15) is 10.4 Å². The van der Waals surface area contributed by atoms with Gasteiger partial charge in [-0.05, 0) is 50.7 Å². The standard InChI is InChI=1S/C25H27N7O/c1-16-6-5-11-32-21(14-27-24(16)32)23-20(12-26)13-28-25(30-23)29-17(2)18-7-9-19(10-8-18)22(33)15-31(3)4/h5-11,13-14,17,22,33H,15H2,1-4H3,(H,28,29,30)/t17-,22?/m0/s1. The second-order valence-corrected chi connectivity index (χ2v) is 8.41. The van der Waals surface area contributed by atoms with Gasteiger partial charge in [-0.15, -0.1) is 0 Å². The molecule has 0 amide bonds. The first kappa shape index (κ1) is 22.4. The topological polar surface area (TPSA) is 102 Å². The van der Waals surface area contributed by atoms with Crippen molar-refractivity contribution in [2.45, 2.75) is 26.0 Å². The molecule has 4 aromatic rings. The minimum absolute atomic E-state index is 0.0738. The number of hydrogen-bond donors (Lipinski definition) is 2. The Labute approximate surface area is 193 Å². The van der Waals surface area contributed by atoms with Gasteiger partial charge in [0.25, 0.3) is 0 Å². The molecule has 3 heterocycles. The molecule has 168 valence electrons. The Hall–Kier alpha value is -3.80. The van der Waals surface area contributed by atoms with Gasteiger partial charge < -0.3 is 15.3 Å². The summed E-state index contributed by atoms with van der Waals surface area (Å²) in [5, 5.41) is 23.2. The minimum atomic E-state index is -0.532. The minimum Gasteiger partial charge on any atom is -0.387 e. The van der Waals surface area contributed by atoms with E-state index in [0.717, 1.165) is 28.0 Å². The molecule has 2 atom stereocenters. The average Bonchev–Trinajstić information content (AvgIpc) is 3.24. The van der Waals surface area contributed by atoms with Gasteiger partial charge in [-0.25, -0.2) is 15.0 Å². The number of benzene rings is 1. The Morgan fingerprint density at radius 1 is 1.12 bits per heavy atom. The zero-order valence-electron chi connectivity index (χ0n) is 19.2. The van der Waals surface area contributed by atoms with Gasteiger partial charge in [-0.1, -0.05) is 30.3 Å². The van der Waals surface area contributed by atoms with Crippen molar-refractivity contribution in [1.82, 2.24) is 24.3 Å². The number of aliphatic hydroxyl groups is 1. The van der Waals surface area contributed by atoms with Crippen LogP contribution >= 0.6 is 0 Å². The number of aromatic nitrogens is 4. The Balaban J connectivity index is 1.59. The van der Waals surface area contributed by atoms with Crippen molar-refractivity contribution in [2.24, 2.45) is 0 Å². The number of pyridine rings is 1. The summed E-state index contributed by atoms with van der Waals surface area (Å²) in [5.74, 6) is 0.427. The molecule has 1 aromatic carbocycles. The number of aliphatic hydroxyl groups excluding tert-OH is 1. The zero-order chi connectivity index (χ0) is 23.5. The van der Waals surface area contributed by atoms with Crippen molar-refractivity contribution in [3.8, 4) is 17.5 Å². The molecule has 0 saturated carbocycles. The van der Waals surface area contributed by atoms with Gasteiger partial charge in [0.15, 0.2) is 0 Å². The first-order chi connectivity index (χ1) is 15.9. The Morgan fingerprint density at radius 3 is 2.55 bits per heavy atom. The highest BCUT2D eigenvalue weighted by Gasteiger charge is 2.16. The third-order valence-electron chi connectivity index (χ3n) is 5.59. The number of anilines is 1. The summed E-state index contributed by atoms with van der Waals surface area (Å²) in [6, 6.07) is 13.9. The fraction of sp³-hybridized carbons (Fsp3) is 0.280. The van der Waals surface area contributed by atoms with Crippen LogP contribution in [0, 0.1) is 18.3 Å². The van der Waals surface area contributed by atoms with Gasteiger partial charge in [0.1, 0.15) is 17.4 Å². The summed E-state index contributed by atoms with van der Waals surface area (Å²) in [7, 11) is 3.87. The third kappa shape index (κ3) is 4.70. The van der Waals surface area contributed by atoms with Crippen LogP contribution in [-0.4, -0.2) is 50.0 Å². The number of aryl methyl sites for hydroxylation is 1. The number of fused-ring (bicyclic) bond motifs is 1. The van der Waals surface area contributed by atoms with Crippen LogP contribution in [-0.2, 0) is 0 Å². The van der Waals surface area contributed by atoms with E-state index < -0.39 is 6.10 Å². The number of nitrogens with zero attached hydrogens (tertiary/aromatic N) is 6. The molecule has 2 N–H and O–H groups in total. The van der Waals surface area contributed by atoms with Gasteiger partial charge in [0.2, 0.25) is 5.95 Å². The highest BCUT2D eigenvalue weighted by molar-refractivity contribution is 5.68. The summed E-state index contributed by atoms with van der Waals surface area (Å²) in [6.07, 6.45) is 4.65. The number of nitriles is 1. The molecule has 8 heteroatoms. The van der Waals surface area contributed by atoms with Crippen molar-refractivity contribution in [1.29, 1.82) is 5.26 Å². The molecule has 8 nitrogen and oxygen atoms in total. The number of imidazole rings is 1. The van der Waals surface area contributed by atoms with E-state index in [1.807, 2.05) is 79.8 Å². The Bertz CT molecular complexity index is 1300. The molecule has 0 aliphatic rings. The van der Waals surface area contributed by atoms with Crippen molar-refractivity contribution < 1.29 is 5.11 Å². The molecule has 0 aliphatic carbocycles. The first-order valence-electron chi connectivity index (χ1n) is 10.8. The van der Waals surface area contributed by atoms with Crippen LogP contribution in [0.25, 0.3) is 17.0 Å². The van der Waals surface area contributed by atoms with E-state index in [-0.39, 0.29) is 6.04 Å². The molecule has 33 heavy (non-hydrogen) atoms. The van der Waals surface area contributed by atoms with E-state index in [1.54, 1.807) is 6.20 Å². The largest absolute Gasteiger partial charge is 0.387 e. The number of nitrogens with one attached hydrogen (secondary N) is 1. The molecule has 0 fully saturated rings. The van der Waals surface area contributed by atoms with Crippen LogP contribution in [0.2, 0.25) is 0 Å². The van der Waals surface area contributed by atoms with Crippen LogP contribution < -0.4 is 5.32 Å². The molecule has 4 rings (SSSR count). The van der Waals surface area contributed by atoms with E-state index in [2.05, 4.69) is 26.3 Å². The van der Waals surface area contributed by atoms with Gasteiger partial charge >= 0.3 is 0 Å². The van der Waals surface area contributed by atoms with Crippen LogP contribution in [0.5, 0.6) is 0 Å². The summed E-state index contributed by atoms with van der Waals surface area (Å²) in [5.41, 5.74) is 5.44. The summed E-state index contributed by atoms with van der Waals surface area (Å²) < 4.78 is 1.93. The molecule has 1 unspecified atom stereocenters. The molecular formula is C25H27N7O. The number of hydrogen-bond acceptors (Lipinski definition) is 7. The van der Waals surface area contributed by atoms with Crippen molar-refractivity contribution in [3.63, 3.8) is 0 Å². The predicted octanol–water partition coefficient (Wildman–Crippen LogP) is 3.74. The fourth-order valence-corrected chi connectivity index (χ4v) is 3.79. The highest BCUT2D eigenvalue weighted by Crippen LogP contribution is 2.26. The van der Waals surface area contributed by atoms with Crippen molar-refractivity contribution in [2.75, 3.05) is 26.0 Å². The maximum atomic E-state index is 10.3. The second kappa shape index (κ2) is 9.36. The normalized spacial score (nSPS) is 13.1. The zero-order valence-corrected chi connectivity index (χ0v) is 19.2. The van der Waals surface area contributed by atoms with Crippen molar-refractivity contribution in [3.05, 3.63) is 77.2 Å². The lowest BCUT2D eigenvalue weighted by atomic mass is 10.0. The average molecular weight is 442 g/mol. The van der Waals surface area contributed by atoms with Gasteiger partial charge in [-0.3, -0.25) is 4.40 Å². The van der Waals surface area contributed by atoms with Crippen molar-refractivity contribution >= 4 is 11.6 Å². The molecule has 0 spiro atoms. The molecule has 0 bridgehead atoms. The lowest BCUT2D eigenvalue weighted by Gasteiger charge is -2.18. The number of rotatable bonds is 7. The Morgan fingerprint density at radius 2 is 1.85 bits per heavy atom. The van der Waals surface area contributed by atoms with E-state index in [1.165, 1.54) is 6.20 Å². The monoisotopic (exact) mass is 441 g/mol. The Kier molecular flexibility index (Phi) is 6.36.